The Balaban J connectivity index is 1.77. The van der Waals surface area contributed by atoms with E-state index in [1.165, 1.54) is 6.42 Å². The first-order valence-electron chi connectivity index (χ1n) is 6.54. The number of nitrogens with one attached hydrogen (secondary N) is 1. The quantitative estimate of drug-likeness (QED) is 0.932. The van der Waals surface area contributed by atoms with Gasteiger partial charge in [-0.3, -0.25) is 0 Å². The highest BCUT2D eigenvalue weighted by Crippen LogP contribution is 2.28. The van der Waals surface area contributed by atoms with Gasteiger partial charge in [0, 0.05) is 13.7 Å². The van der Waals surface area contributed by atoms with Crippen molar-refractivity contribution in [1.29, 1.82) is 0 Å². The zero-order valence-corrected chi connectivity index (χ0v) is 11.7. The molecule has 3 rings (SSSR count). The van der Waals surface area contributed by atoms with Gasteiger partial charge < -0.3 is 14.8 Å². The highest BCUT2D eigenvalue weighted by molar-refractivity contribution is 7.16. The number of fused-ring (bicyclic) bond motifs is 1. The van der Waals surface area contributed by atoms with Gasteiger partial charge in [-0.2, -0.15) is 4.98 Å². The molecule has 0 aliphatic carbocycles. The van der Waals surface area contributed by atoms with Gasteiger partial charge in [0.15, 0.2) is 0 Å². The Bertz CT molecular complexity index is 552. The van der Waals surface area contributed by atoms with Crippen LogP contribution in [0.15, 0.2) is 11.4 Å². The molecule has 1 unspecified atom stereocenters. The van der Waals surface area contributed by atoms with Crippen LogP contribution in [0.25, 0.3) is 10.2 Å². The highest BCUT2D eigenvalue weighted by Gasteiger charge is 2.16. The van der Waals surface area contributed by atoms with Crippen LogP contribution in [0.4, 0.5) is 5.95 Å². The molecular weight excluding hydrogens is 262 g/mol. The average molecular weight is 279 g/mol. The lowest BCUT2D eigenvalue weighted by Crippen LogP contribution is -2.26. The molecule has 19 heavy (non-hydrogen) atoms. The Hall–Kier alpha value is -1.40. The fourth-order valence-corrected chi connectivity index (χ4v) is 2.92. The van der Waals surface area contributed by atoms with E-state index >= 15 is 0 Å². The van der Waals surface area contributed by atoms with E-state index in [2.05, 4.69) is 15.3 Å². The Morgan fingerprint density at radius 2 is 2.42 bits per heavy atom. The molecule has 1 fully saturated rings. The first-order valence-corrected chi connectivity index (χ1v) is 7.42. The fourth-order valence-electron chi connectivity index (χ4n) is 2.16. The van der Waals surface area contributed by atoms with Crippen LogP contribution in [0.2, 0.25) is 0 Å². The largest absolute Gasteiger partial charge is 0.474 e. The Kier molecular flexibility index (Phi) is 3.79. The lowest BCUT2D eigenvalue weighted by Gasteiger charge is -2.22. The van der Waals surface area contributed by atoms with Gasteiger partial charge in [-0.25, -0.2) is 4.98 Å². The third-order valence-corrected chi connectivity index (χ3v) is 4.00. The minimum Gasteiger partial charge on any atom is -0.474 e. The number of hydrogen-bond acceptors (Lipinski definition) is 6. The van der Waals surface area contributed by atoms with Crippen LogP contribution in [0.1, 0.15) is 19.3 Å². The first kappa shape index (κ1) is 12.6. The van der Waals surface area contributed by atoms with Crippen molar-refractivity contribution >= 4 is 27.5 Å². The summed E-state index contributed by atoms with van der Waals surface area (Å²) in [4.78, 5) is 9.72. The summed E-state index contributed by atoms with van der Waals surface area (Å²) in [6.45, 7) is 1.40. The molecule has 5 nitrogen and oxygen atoms in total. The molecule has 0 saturated carbocycles. The van der Waals surface area contributed by atoms with E-state index in [0.717, 1.165) is 29.7 Å². The molecule has 0 spiro atoms. The van der Waals surface area contributed by atoms with Crippen LogP contribution in [-0.4, -0.2) is 36.3 Å². The van der Waals surface area contributed by atoms with Crippen molar-refractivity contribution in [3.63, 3.8) is 0 Å². The third kappa shape index (κ3) is 2.79. The summed E-state index contributed by atoms with van der Waals surface area (Å²) in [5.41, 5.74) is 0. The SMILES string of the molecule is CNc1nc(OCC2CCCCO2)c2ccsc2n1. The molecule has 0 radical (unpaired) electrons. The van der Waals surface area contributed by atoms with Gasteiger partial charge in [-0.1, -0.05) is 0 Å². The van der Waals surface area contributed by atoms with E-state index < -0.39 is 0 Å². The summed E-state index contributed by atoms with van der Waals surface area (Å²) in [7, 11) is 1.81. The molecule has 102 valence electrons. The Morgan fingerprint density at radius 3 is 3.21 bits per heavy atom. The van der Waals surface area contributed by atoms with Crippen molar-refractivity contribution in [3.8, 4) is 5.88 Å². The molecule has 2 aromatic heterocycles. The van der Waals surface area contributed by atoms with E-state index in [4.69, 9.17) is 9.47 Å². The number of aromatic nitrogens is 2. The van der Waals surface area contributed by atoms with E-state index in [1.807, 2.05) is 18.5 Å². The lowest BCUT2D eigenvalue weighted by atomic mass is 10.1. The monoisotopic (exact) mass is 279 g/mol. The maximum absolute atomic E-state index is 5.85. The Morgan fingerprint density at radius 1 is 1.47 bits per heavy atom. The summed E-state index contributed by atoms with van der Waals surface area (Å²) in [6, 6.07) is 2.00. The van der Waals surface area contributed by atoms with Crippen LogP contribution in [0.3, 0.4) is 0 Å². The van der Waals surface area contributed by atoms with Crippen molar-refractivity contribution in [2.45, 2.75) is 25.4 Å². The molecule has 1 aliphatic heterocycles. The van der Waals surface area contributed by atoms with Crippen LogP contribution in [0, 0.1) is 0 Å². The zero-order chi connectivity index (χ0) is 13.1. The van der Waals surface area contributed by atoms with Gasteiger partial charge in [0.2, 0.25) is 11.8 Å². The van der Waals surface area contributed by atoms with Gasteiger partial charge in [0.05, 0.1) is 11.5 Å². The molecular formula is C13H17N3O2S. The van der Waals surface area contributed by atoms with E-state index in [0.29, 0.717) is 18.4 Å². The molecule has 2 aromatic rings. The number of rotatable bonds is 4. The molecule has 1 N–H and O–H groups in total. The highest BCUT2D eigenvalue weighted by atomic mass is 32.1. The normalized spacial score (nSPS) is 19.5. The Labute approximate surface area is 116 Å². The third-order valence-electron chi connectivity index (χ3n) is 3.19. The van der Waals surface area contributed by atoms with Gasteiger partial charge >= 0.3 is 0 Å². The van der Waals surface area contributed by atoms with E-state index in [1.54, 1.807) is 11.3 Å². The second-order valence-electron chi connectivity index (χ2n) is 4.54. The summed E-state index contributed by atoms with van der Waals surface area (Å²) in [5, 5.41) is 5.94. The zero-order valence-electron chi connectivity index (χ0n) is 10.9. The van der Waals surface area contributed by atoms with Gasteiger partial charge in [0.25, 0.3) is 0 Å². The van der Waals surface area contributed by atoms with Crippen molar-refractivity contribution < 1.29 is 9.47 Å². The van der Waals surface area contributed by atoms with E-state index in [9.17, 15) is 0 Å². The van der Waals surface area contributed by atoms with Crippen LogP contribution in [0.5, 0.6) is 5.88 Å². The average Bonchev–Trinajstić information content (AvgIpc) is 2.94. The smallest absolute Gasteiger partial charge is 0.227 e. The van der Waals surface area contributed by atoms with Crippen molar-refractivity contribution in [2.75, 3.05) is 25.6 Å². The van der Waals surface area contributed by atoms with Gasteiger partial charge in [0.1, 0.15) is 11.4 Å². The van der Waals surface area contributed by atoms with Crippen LogP contribution >= 0.6 is 11.3 Å². The van der Waals surface area contributed by atoms with Gasteiger partial charge in [-0.15, -0.1) is 11.3 Å². The van der Waals surface area contributed by atoms with Crippen molar-refractivity contribution in [2.24, 2.45) is 0 Å². The molecule has 3 heterocycles. The molecule has 1 saturated heterocycles. The number of ether oxygens (including phenoxy) is 2. The molecule has 0 bridgehead atoms. The fraction of sp³-hybridized carbons (Fsp3) is 0.538. The minimum absolute atomic E-state index is 0.190. The summed E-state index contributed by atoms with van der Waals surface area (Å²) >= 11 is 1.59. The lowest BCUT2D eigenvalue weighted by molar-refractivity contribution is -0.0116. The predicted molar refractivity (Wildman–Crippen MR) is 76.0 cm³/mol. The van der Waals surface area contributed by atoms with Crippen LogP contribution < -0.4 is 10.1 Å². The molecule has 0 amide bonds. The van der Waals surface area contributed by atoms with Crippen molar-refractivity contribution in [3.05, 3.63) is 11.4 Å². The number of thiophene rings is 1. The number of nitrogens with zero attached hydrogens (tertiary/aromatic N) is 2. The maximum Gasteiger partial charge on any atom is 0.227 e. The van der Waals surface area contributed by atoms with Crippen molar-refractivity contribution in [1.82, 2.24) is 9.97 Å². The second kappa shape index (κ2) is 5.71. The molecule has 1 atom stereocenters. The maximum atomic E-state index is 5.85. The van der Waals surface area contributed by atoms with Gasteiger partial charge in [-0.05, 0) is 30.7 Å². The number of hydrogen-bond donors (Lipinski definition) is 1. The second-order valence-corrected chi connectivity index (χ2v) is 5.44. The molecule has 6 heteroatoms. The summed E-state index contributed by atoms with van der Waals surface area (Å²) in [5.74, 6) is 1.24. The number of anilines is 1. The standard InChI is InChI=1S/C13H17N3O2S/c1-14-13-15-11(10-5-7-19-12(10)16-13)18-8-9-4-2-3-6-17-9/h5,7,9H,2-4,6,8H2,1H3,(H,14,15,16). The molecule has 0 aromatic carbocycles. The first-order chi connectivity index (χ1) is 9.36. The topological polar surface area (TPSA) is 56.3 Å². The summed E-state index contributed by atoms with van der Waals surface area (Å²) < 4.78 is 11.5. The minimum atomic E-state index is 0.190. The van der Waals surface area contributed by atoms with E-state index in [-0.39, 0.29) is 6.10 Å². The molecule has 1 aliphatic rings. The van der Waals surface area contributed by atoms with Crippen LogP contribution in [-0.2, 0) is 4.74 Å². The predicted octanol–water partition coefficient (Wildman–Crippen LogP) is 2.68. The summed E-state index contributed by atoms with van der Waals surface area (Å²) in [6.07, 6.45) is 3.63.